The molecule has 196 valence electrons. The SMILES string of the molecule is CC(C)c1cccc(C(C)C)c1-[n+]1cnn(CCCn2c[n+](-c3c(C(C)C)cccc3C(C)C)cn2)c1. The Balaban J connectivity index is 1.49. The number of rotatable bonds is 10. The first-order valence-corrected chi connectivity index (χ1v) is 13.8. The molecule has 4 aromatic rings. The van der Waals surface area contributed by atoms with Crippen molar-refractivity contribution in [3.8, 4) is 11.4 Å². The Kier molecular flexibility index (Phi) is 8.25. The predicted octanol–water partition coefficient (Wildman–Crippen LogP) is 6.22. The minimum atomic E-state index is 0.452. The van der Waals surface area contributed by atoms with E-state index in [0.717, 1.165) is 19.5 Å². The molecule has 0 amide bonds. The predicted molar refractivity (Wildman–Crippen MR) is 148 cm³/mol. The van der Waals surface area contributed by atoms with Crippen LogP contribution < -0.4 is 9.13 Å². The highest BCUT2D eigenvalue weighted by molar-refractivity contribution is 5.45. The zero-order valence-corrected chi connectivity index (χ0v) is 23.9. The lowest BCUT2D eigenvalue weighted by Gasteiger charge is -2.16. The van der Waals surface area contributed by atoms with E-state index in [1.807, 2.05) is 22.0 Å². The Bertz CT molecular complexity index is 1170. The van der Waals surface area contributed by atoms with Crippen molar-refractivity contribution in [2.45, 2.75) is 98.6 Å². The lowest BCUT2D eigenvalue weighted by molar-refractivity contribution is -0.597. The zero-order chi connectivity index (χ0) is 26.7. The van der Waals surface area contributed by atoms with Gasteiger partial charge >= 0.3 is 0 Å². The van der Waals surface area contributed by atoms with Gasteiger partial charge in [0, 0.05) is 16.6 Å². The molecule has 0 atom stereocenters. The van der Waals surface area contributed by atoms with E-state index in [1.165, 1.54) is 33.6 Å². The Morgan fingerprint density at radius 3 is 1.19 bits per heavy atom. The fraction of sp³-hybridized carbons (Fsp3) is 0.484. The van der Waals surface area contributed by atoms with Crippen molar-refractivity contribution in [3.63, 3.8) is 0 Å². The fourth-order valence-corrected chi connectivity index (χ4v) is 5.13. The summed E-state index contributed by atoms with van der Waals surface area (Å²) in [6.45, 7) is 19.7. The Morgan fingerprint density at radius 2 is 0.892 bits per heavy atom. The second kappa shape index (κ2) is 11.4. The van der Waals surface area contributed by atoms with Crippen LogP contribution in [0.5, 0.6) is 0 Å². The van der Waals surface area contributed by atoms with Gasteiger partial charge in [-0.1, -0.05) is 91.8 Å². The fourth-order valence-electron chi connectivity index (χ4n) is 5.13. The standard InChI is InChI=1S/C31H44N6/c1-22(2)26-12-9-13-27(23(3)4)30(26)34-18-32-36(20-34)16-11-17-37-21-35(19-33-37)31-28(24(5)6)14-10-15-29(31)25(7)8/h9-10,12-15,18-25H,11,16-17H2,1-8H3/q+2. The van der Waals surface area contributed by atoms with Crippen molar-refractivity contribution in [2.75, 3.05) is 0 Å². The number of hydrogen-bond acceptors (Lipinski definition) is 2. The lowest BCUT2D eigenvalue weighted by atomic mass is 9.92. The summed E-state index contributed by atoms with van der Waals surface area (Å²) in [4.78, 5) is 0. The van der Waals surface area contributed by atoms with E-state index in [-0.39, 0.29) is 0 Å². The van der Waals surface area contributed by atoms with Crippen LogP contribution in [0.3, 0.4) is 0 Å². The molecule has 0 saturated carbocycles. The van der Waals surface area contributed by atoms with Gasteiger partial charge in [-0.25, -0.2) is 9.13 Å². The van der Waals surface area contributed by atoms with E-state index in [2.05, 4.69) is 124 Å². The van der Waals surface area contributed by atoms with Gasteiger partial charge < -0.3 is 0 Å². The van der Waals surface area contributed by atoms with Crippen LogP contribution in [0.2, 0.25) is 0 Å². The van der Waals surface area contributed by atoms with Gasteiger partial charge in [-0.3, -0.25) is 0 Å². The van der Waals surface area contributed by atoms with Crippen molar-refractivity contribution >= 4 is 0 Å². The normalized spacial score (nSPS) is 12.0. The zero-order valence-electron chi connectivity index (χ0n) is 23.9. The minimum Gasteiger partial charge on any atom is -0.203 e. The maximum Gasteiger partial charge on any atom is 0.270 e. The van der Waals surface area contributed by atoms with E-state index < -0.39 is 0 Å². The van der Waals surface area contributed by atoms with Crippen LogP contribution >= 0.6 is 0 Å². The maximum absolute atomic E-state index is 4.68. The summed E-state index contributed by atoms with van der Waals surface area (Å²) < 4.78 is 8.49. The van der Waals surface area contributed by atoms with Crippen molar-refractivity contribution in [3.05, 3.63) is 84.0 Å². The number of aryl methyl sites for hydroxylation is 2. The monoisotopic (exact) mass is 500 g/mol. The van der Waals surface area contributed by atoms with Crippen molar-refractivity contribution in [1.82, 2.24) is 19.6 Å². The molecule has 37 heavy (non-hydrogen) atoms. The first-order valence-electron chi connectivity index (χ1n) is 13.8. The Hall–Kier alpha value is -3.28. The number of para-hydroxylation sites is 2. The largest absolute Gasteiger partial charge is 0.270 e. The molecule has 0 aliphatic carbocycles. The summed E-state index contributed by atoms with van der Waals surface area (Å²) in [6, 6.07) is 13.3. The molecule has 0 aliphatic rings. The summed E-state index contributed by atoms with van der Waals surface area (Å²) in [5.74, 6) is 1.81. The molecule has 0 unspecified atom stereocenters. The molecular weight excluding hydrogens is 456 g/mol. The molecule has 0 radical (unpaired) electrons. The number of benzene rings is 2. The molecule has 0 bridgehead atoms. The second-order valence-electron chi connectivity index (χ2n) is 11.4. The van der Waals surface area contributed by atoms with E-state index >= 15 is 0 Å². The van der Waals surface area contributed by atoms with Crippen LogP contribution in [0.1, 0.15) is 108 Å². The summed E-state index contributed by atoms with van der Waals surface area (Å²) in [6.07, 6.45) is 9.11. The molecule has 0 N–H and O–H groups in total. The van der Waals surface area contributed by atoms with Crippen molar-refractivity contribution in [1.29, 1.82) is 0 Å². The molecule has 2 aromatic heterocycles. The smallest absolute Gasteiger partial charge is 0.203 e. The number of hydrogen-bond donors (Lipinski definition) is 0. The van der Waals surface area contributed by atoms with Gasteiger partial charge in [0.2, 0.25) is 12.7 Å². The van der Waals surface area contributed by atoms with Gasteiger partial charge in [0.15, 0.2) is 0 Å². The van der Waals surface area contributed by atoms with Crippen LogP contribution in [0, 0.1) is 0 Å². The van der Waals surface area contributed by atoms with Crippen LogP contribution in [0.4, 0.5) is 0 Å². The second-order valence-corrected chi connectivity index (χ2v) is 11.4. The van der Waals surface area contributed by atoms with Gasteiger partial charge in [-0.05, 0) is 45.9 Å². The Morgan fingerprint density at radius 1 is 0.568 bits per heavy atom. The Labute approximate surface area is 222 Å². The van der Waals surface area contributed by atoms with Crippen molar-refractivity contribution < 1.29 is 9.13 Å². The molecule has 0 aliphatic heterocycles. The summed E-state index contributed by atoms with van der Waals surface area (Å²) in [5, 5.41) is 9.37. The molecular formula is C31H44N6+2. The molecule has 2 aromatic carbocycles. The first-order chi connectivity index (χ1) is 17.7. The average Bonchev–Trinajstić information content (AvgIpc) is 3.52. The summed E-state index contributed by atoms with van der Waals surface area (Å²) >= 11 is 0. The summed E-state index contributed by atoms with van der Waals surface area (Å²) in [5.41, 5.74) is 7.99. The summed E-state index contributed by atoms with van der Waals surface area (Å²) in [7, 11) is 0. The van der Waals surface area contributed by atoms with E-state index in [1.54, 1.807) is 0 Å². The quantitative estimate of drug-likeness (QED) is 0.243. The number of nitrogens with zero attached hydrogens (tertiary/aromatic N) is 6. The molecule has 6 heteroatoms. The third-order valence-corrected chi connectivity index (χ3v) is 7.14. The highest BCUT2D eigenvalue weighted by Crippen LogP contribution is 2.28. The van der Waals surface area contributed by atoms with E-state index in [9.17, 15) is 0 Å². The average molecular weight is 501 g/mol. The highest BCUT2D eigenvalue weighted by Gasteiger charge is 2.21. The van der Waals surface area contributed by atoms with Crippen LogP contribution in [0.25, 0.3) is 11.4 Å². The minimum absolute atomic E-state index is 0.452. The van der Waals surface area contributed by atoms with E-state index in [4.69, 9.17) is 0 Å². The lowest BCUT2D eigenvalue weighted by Crippen LogP contribution is -2.32. The topological polar surface area (TPSA) is 43.4 Å². The van der Waals surface area contributed by atoms with Crippen LogP contribution in [0.15, 0.2) is 61.7 Å². The van der Waals surface area contributed by atoms with Crippen LogP contribution in [-0.4, -0.2) is 19.6 Å². The highest BCUT2D eigenvalue weighted by atomic mass is 15.4. The van der Waals surface area contributed by atoms with Gasteiger partial charge in [0.05, 0.1) is 0 Å². The van der Waals surface area contributed by atoms with E-state index in [0.29, 0.717) is 23.7 Å². The molecule has 0 spiro atoms. The van der Waals surface area contributed by atoms with Gasteiger partial charge in [0.1, 0.15) is 24.5 Å². The van der Waals surface area contributed by atoms with Gasteiger partial charge in [0.25, 0.3) is 12.7 Å². The van der Waals surface area contributed by atoms with Gasteiger partial charge in [-0.2, -0.15) is 0 Å². The number of aromatic nitrogens is 6. The third-order valence-electron chi connectivity index (χ3n) is 7.14. The molecule has 0 fully saturated rings. The van der Waals surface area contributed by atoms with Crippen LogP contribution in [-0.2, 0) is 13.1 Å². The molecule has 4 rings (SSSR count). The van der Waals surface area contributed by atoms with Crippen molar-refractivity contribution in [2.24, 2.45) is 0 Å². The van der Waals surface area contributed by atoms with Gasteiger partial charge in [-0.15, -0.1) is 9.36 Å². The molecule has 2 heterocycles. The first kappa shape index (κ1) is 26.8. The maximum atomic E-state index is 4.68. The third kappa shape index (κ3) is 5.84. The molecule has 6 nitrogen and oxygen atoms in total. The molecule has 0 saturated heterocycles.